The number of aromatic nitrogens is 1. The van der Waals surface area contributed by atoms with E-state index in [0.29, 0.717) is 12.5 Å². The molecular formula is C12H18N4O4. The maximum atomic E-state index is 11.6. The van der Waals surface area contributed by atoms with Crippen LogP contribution in [-0.2, 0) is 4.79 Å². The van der Waals surface area contributed by atoms with Crippen molar-refractivity contribution in [1.82, 2.24) is 10.3 Å². The fourth-order valence-electron chi connectivity index (χ4n) is 1.37. The van der Waals surface area contributed by atoms with Gasteiger partial charge in [-0.25, -0.2) is 0 Å². The number of pyridine rings is 1. The summed E-state index contributed by atoms with van der Waals surface area (Å²) in [7, 11) is 1.41. The van der Waals surface area contributed by atoms with E-state index in [4.69, 9.17) is 4.74 Å². The number of nitrogens with one attached hydrogen (secondary N) is 2. The van der Waals surface area contributed by atoms with Crippen LogP contribution in [0.15, 0.2) is 12.1 Å². The lowest BCUT2D eigenvalue weighted by Crippen LogP contribution is -2.32. The van der Waals surface area contributed by atoms with Crippen LogP contribution in [0, 0.1) is 16.0 Å². The van der Waals surface area contributed by atoms with Gasteiger partial charge in [0.15, 0.2) is 0 Å². The zero-order chi connectivity index (χ0) is 15.1. The Bertz CT molecular complexity index is 490. The molecule has 0 aliphatic rings. The molecule has 0 unspecified atom stereocenters. The Hall–Kier alpha value is -2.38. The number of nitro groups is 1. The van der Waals surface area contributed by atoms with Gasteiger partial charge in [-0.05, 0) is 5.92 Å². The van der Waals surface area contributed by atoms with Crippen molar-refractivity contribution in [3.8, 4) is 5.88 Å². The van der Waals surface area contributed by atoms with Gasteiger partial charge in [0.1, 0.15) is 0 Å². The number of rotatable bonds is 7. The summed E-state index contributed by atoms with van der Waals surface area (Å²) in [6.07, 6.45) is 0. The van der Waals surface area contributed by atoms with Crippen LogP contribution >= 0.6 is 0 Å². The van der Waals surface area contributed by atoms with E-state index < -0.39 is 4.92 Å². The minimum Gasteiger partial charge on any atom is -0.481 e. The third kappa shape index (κ3) is 4.71. The SMILES string of the molecule is COc1ccc([N+](=O)[O-])c(NCC(=O)NCC(C)C)n1. The first-order valence-electron chi connectivity index (χ1n) is 6.14. The van der Waals surface area contributed by atoms with Crippen molar-refractivity contribution in [2.75, 3.05) is 25.5 Å². The summed E-state index contributed by atoms with van der Waals surface area (Å²) in [5, 5.41) is 16.2. The standard InChI is InChI=1S/C12H18N4O4/c1-8(2)6-13-10(17)7-14-12-9(16(18)19)4-5-11(15-12)20-3/h4-5,8H,6-7H2,1-3H3,(H,13,17)(H,14,15). The number of hydrogen-bond donors (Lipinski definition) is 2. The number of anilines is 1. The Labute approximate surface area is 116 Å². The van der Waals surface area contributed by atoms with Crippen LogP contribution in [0.5, 0.6) is 5.88 Å². The first-order chi connectivity index (χ1) is 9.43. The average Bonchev–Trinajstić information content (AvgIpc) is 2.42. The predicted octanol–water partition coefficient (Wildman–Crippen LogP) is 1.18. The molecule has 1 aromatic heterocycles. The Kier molecular flexibility index (Phi) is 5.70. The fourth-order valence-corrected chi connectivity index (χ4v) is 1.37. The molecule has 0 saturated heterocycles. The monoisotopic (exact) mass is 282 g/mol. The lowest BCUT2D eigenvalue weighted by Gasteiger charge is -2.09. The van der Waals surface area contributed by atoms with E-state index in [1.165, 1.54) is 19.2 Å². The van der Waals surface area contributed by atoms with Gasteiger partial charge in [-0.2, -0.15) is 4.98 Å². The maximum absolute atomic E-state index is 11.6. The van der Waals surface area contributed by atoms with Gasteiger partial charge >= 0.3 is 5.69 Å². The minimum absolute atomic E-state index is 0.00838. The largest absolute Gasteiger partial charge is 0.481 e. The van der Waals surface area contributed by atoms with Gasteiger partial charge < -0.3 is 15.4 Å². The van der Waals surface area contributed by atoms with Crippen molar-refractivity contribution in [1.29, 1.82) is 0 Å². The van der Waals surface area contributed by atoms with Crippen LogP contribution in [-0.4, -0.2) is 36.0 Å². The zero-order valence-electron chi connectivity index (χ0n) is 11.7. The van der Waals surface area contributed by atoms with E-state index in [-0.39, 0.29) is 29.8 Å². The molecule has 1 heterocycles. The molecule has 0 aliphatic carbocycles. The molecule has 0 fully saturated rings. The number of amides is 1. The maximum Gasteiger partial charge on any atom is 0.311 e. The Morgan fingerprint density at radius 3 is 2.75 bits per heavy atom. The number of hydrogen-bond acceptors (Lipinski definition) is 6. The number of carbonyl (C=O) groups excluding carboxylic acids is 1. The minimum atomic E-state index is -0.569. The van der Waals surface area contributed by atoms with Crippen LogP contribution in [0.4, 0.5) is 11.5 Å². The molecule has 0 aromatic carbocycles. The molecule has 1 rings (SSSR count). The molecule has 8 heteroatoms. The van der Waals surface area contributed by atoms with Gasteiger partial charge in [0.05, 0.1) is 18.6 Å². The zero-order valence-corrected chi connectivity index (χ0v) is 11.7. The molecule has 0 spiro atoms. The quantitative estimate of drug-likeness (QED) is 0.574. The van der Waals surface area contributed by atoms with E-state index in [0.717, 1.165) is 0 Å². The summed E-state index contributed by atoms with van der Waals surface area (Å²) in [5.41, 5.74) is -0.206. The summed E-state index contributed by atoms with van der Waals surface area (Å²) in [6, 6.07) is 2.67. The van der Waals surface area contributed by atoms with Crippen molar-refractivity contribution in [2.24, 2.45) is 5.92 Å². The molecule has 8 nitrogen and oxygen atoms in total. The van der Waals surface area contributed by atoms with Gasteiger partial charge in [0.25, 0.3) is 0 Å². The molecule has 1 amide bonds. The number of methoxy groups -OCH3 is 1. The van der Waals surface area contributed by atoms with Gasteiger partial charge in [0.2, 0.25) is 17.6 Å². The molecule has 110 valence electrons. The molecule has 2 N–H and O–H groups in total. The third-order valence-corrected chi connectivity index (χ3v) is 2.38. The fraction of sp³-hybridized carbons (Fsp3) is 0.500. The van der Waals surface area contributed by atoms with Crippen molar-refractivity contribution in [2.45, 2.75) is 13.8 Å². The Morgan fingerprint density at radius 2 is 2.20 bits per heavy atom. The highest BCUT2D eigenvalue weighted by atomic mass is 16.6. The number of ether oxygens (including phenoxy) is 1. The summed E-state index contributed by atoms with van der Waals surface area (Å²) in [6.45, 7) is 4.41. The van der Waals surface area contributed by atoms with Crippen LogP contribution in [0.1, 0.15) is 13.8 Å². The van der Waals surface area contributed by atoms with Crippen LogP contribution in [0.3, 0.4) is 0 Å². The molecule has 0 aliphatic heterocycles. The van der Waals surface area contributed by atoms with E-state index in [1.54, 1.807) is 0 Å². The van der Waals surface area contributed by atoms with Gasteiger partial charge in [-0.15, -0.1) is 0 Å². The second kappa shape index (κ2) is 7.27. The van der Waals surface area contributed by atoms with Crippen LogP contribution < -0.4 is 15.4 Å². The number of carbonyl (C=O) groups is 1. The predicted molar refractivity (Wildman–Crippen MR) is 73.8 cm³/mol. The van der Waals surface area contributed by atoms with Crippen molar-refractivity contribution < 1.29 is 14.5 Å². The second-order valence-corrected chi connectivity index (χ2v) is 4.53. The topological polar surface area (TPSA) is 106 Å². The van der Waals surface area contributed by atoms with Crippen molar-refractivity contribution in [3.63, 3.8) is 0 Å². The summed E-state index contributed by atoms with van der Waals surface area (Å²) >= 11 is 0. The smallest absolute Gasteiger partial charge is 0.311 e. The van der Waals surface area contributed by atoms with E-state index in [2.05, 4.69) is 15.6 Å². The highest BCUT2D eigenvalue weighted by Gasteiger charge is 2.17. The first-order valence-corrected chi connectivity index (χ1v) is 6.14. The molecular weight excluding hydrogens is 264 g/mol. The molecule has 0 saturated carbocycles. The molecule has 20 heavy (non-hydrogen) atoms. The average molecular weight is 282 g/mol. The van der Waals surface area contributed by atoms with E-state index >= 15 is 0 Å². The lowest BCUT2D eigenvalue weighted by molar-refractivity contribution is -0.384. The van der Waals surface area contributed by atoms with E-state index in [9.17, 15) is 14.9 Å². The second-order valence-electron chi connectivity index (χ2n) is 4.53. The summed E-state index contributed by atoms with van der Waals surface area (Å²) < 4.78 is 4.90. The van der Waals surface area contributed by atoms with E-state index in [1.807, 2.05) is 13.8 Å². The summed E-state index contributed by atoms with van der Waals surface area (Å²) in [4.78, 5) is 25.8. The van der Waals surface area contributed by atoms with Gasteiger partial charge in [-0.1, -0.05) is 13.8 Å². The Morgan fingerprint density at radius 1 is 1.50 bits per heavy atom. The van der Waals surface area contributed by atoms with Crippen molar-refractivity contribution in [3.05, 3.63) is 22.2 Å². The molecule has 0 atom stereocenters. The van der Waals surface area contributed by atoms with Crippen LogP contribution in [0.2, 0.25) is 0 Å². The van der Waals surface area contributed by atoms with Crippen molar-refractivity contribution >= 4 is 17.4 Å². The lowest BCUT2D eigenvalue weighted by atomic mass is 10.2. The first kappa shape index (κ1) is 15.7. The molecule has 0 radical (unpaired) electrons. The van der Waals surface area contributed by atoms with Crippen LogP contribution in [0.25, 0.3) is 0 Å². The molecule has 0 bridgehead atoms. The third-order valence-electron chi connectivity index (χ3n) is 2.38. The molecule has 1 aromatic rings. The van der Waals surface area contributed by atoms with Gasteiger partial charge in [-0.3, -0.25) is 14.9 Å². The highest BCUT2D eigenvalue weighted by Crippen LogP contribution is 2.24. The van der Waals surface area contributed by atoms with Gasteiger partial charge in [0, 0.05) is 18.7 Å². The normalized spacial score (nSPS) is 10.2. The Balaban J connectivity index is 2.70. The number of nitrogens with zero attached hydrogens (tertiary/aromatic N) is 2. The summed E-state index contributed by atoms with van der Waals surface area (Å²) in [5.74, 6) is 0.329. The highest BCUT2D eigenvalue weighted by molar-refractivity contribution is 5.81.